The highest BCUT2D eigenvalue weighted by atomic mass is 19.1. The van der Waals surface area contributed by atoms with Crippen LogP contribution in [-0.2, 0) is 9.47 Å². The molecule has 9 rings (SSSR count). The molecule has 0 radical (unpaired) electrons. The molecular formula is C41H45F2N5O6. The number of nitrogens with zero attached hydrogens (tertiary/aromatic N) is 5. The van der Waals surface area contributed by atoms with Crippen molar-refractivity contribution in [3.8, 4) is 41.2 Å². The van der Waals surface area contributed by atoms with Crippen molar-refractivity contribution in [1.29, 1.82) is 0 Å². The van der Waals surface area contributed by atoms with E-state index in [2.05, 4.69) is 15.8 Å². The Morgan fingerprint density at radius 3 is 2.61 bits per heavy atom. The molecule has 4 aromatic rings. The number of rotatable bonds is 7. The van der Waals surface area contributed by atoms with E-state index in [4.69, 9.17) is 35.3 Å². The van der Waals surface area contributed by atoms with Gasteiger partial charge in [0, 0.05) is 41.5 Å². The minimum Gasteiger partial charge on any atom is -0.508 e. The largest absolute Gasteiger partial charge is 0.508 e. The first kappa shape index (κ1) is 35.4. The lowest BCUT2D eigenvalue weighted by molar-refractivity contribution is -0.184. The first-order valence-corrected chi connectivity index (χ1v) is 19.0. The van der Waals surface area contributed by atoms with Gasteiger partial charge in [-0.05, 0) is 82.0 Å². The van der Waals surface area contributed by atoms with E-state index >= 15 is 8.78 Å². The summed E-state index contributed by atoms with van der Waals surface area (Å²) in [4.78, 5) is 18.8. The van der Waals surface area contributed by atoms with Crippen molar-refractivity contribution >= 4 is 27.5 Å². The number of terminal acetylenes is 1. The summed E-state index contributed by atoms with van der Waals surface area (Å²) >= 11 is 0. The second-order valence-corrected chi connectivity index (χ2v) is 16.3. The number of methoxy groups -OCH3 is 1. The van der Waals surface area contributed by atoms with Gasteiger partial charge < -0.3 is 34.1 Å². The number of fused-ring (bicyclic) bond motifs is 3. The van der Waals surface area contributed by atoms with E-state index in [1.807, 2.05) is 4.90 Å². The Kier molecular flexibility index (Phi) is 8.61. The molecule has 4 atom stereocenters. The van der Waals surface area contributed by atoms with Crippen LogP contribution in [0.3, 0.4) is 0 Å². The van der Waals surface area contributed by atoms with E-state index in [1.54, 1.807) is 6.92 Å². The standard InChI is InChI=1S/C41H45F2N5O6/c1-4-27-29(42)10-9-24-16-26(49)17-28(31(24)27)34-33(43)35-32(37(44-34)51-3)36(47-14-6-11-39(2,50)20-47)46-38(45-35)53-21-40-12-5-8-30(40)48(15-7-13-40)25-18-41(54-19-25)22-52-23-41/h1,9-10,16-17,25,30,49-50H,5-8,11-15,18-23H2,2-3H3/t25?,30-,39-,40-/m1/s1. The molecule has 54 heavy (non-hydrogen) atoms. The molecule has 11 nitrogen and oxygen atoms in total. The highest BCUT2D eigenvalue weighted by Crippen LogP contribution is 2.51. The number of ether oxygens (including phenoxy) is 4. The Bertz CT molecular complexity index is 2190. The predicted octanol–water partition coefficient (Wildman–Crippen LogP) is 5.74. The molecule has 0 bridgehead atoms. The van der Waals surface area contributed by atoms with Crippen molar-refractivity contribution in [1.82, 2.24) is 19.9 Å². The maximum Gasteiger partial charge on any atom is 0.319 e. The summed E-state index contributed by atoms with van der Waals surface area (Å²) < 4.78 is 56.5. The molecule has 2 N–H and O–H groups in total. The molecule has 5 fully saturated rings. The van der Waals surface area contributed by atoms with Crippen molar-refractivity contribution in [2.45, 2.75) is 81.6 Å². The zero-order valence-corrected chi connectivity index (χ0v) is 30.7. The smallest absolute Gasteiger partial charge is 0.319 e. The summed E-state index contributed by atoms with van der Waals surface area (Å²) in [6.45, 7) is 5.95. The van der Waals surface area contributed by atoms with Gasteiger partial charge in [0.2, 0.25) is 5.88 Å². The van der Waals surface area contributed by atoms with E-state index in [1.165, 1.54) is 31.4 Å². The van der Waals surface area contributed by atoms with Crippen molar-refractivity contribution in [3.63, 3.8) is 0 Å². The van der Waals surface area contributed by atoms with Crippen LogP contribution in [0.5, 0.6) is 17.6 Å². The van der Waals surface area contributed by atoms with Crippen LogP contribution in [0.2, 0.25) is 0 Å². The fourth-order valence-electron chi connectivity index (χ4n) is 10.0. The zero-order valence-electron chi connectivity index (χ0n) is 30.7. The molecule has 2 aromatic heterocycles. The van der Waals surface area contributed by atoms with Gasteiger partial charge in [-0.1, -0.05) is 18.4 Å². The lowest BCUT2D eigenvalue weighted by Crippen LogP contribution is -2.56. The number of likely N-dealkylation sites (tertiary alicyclic amines) is 1. The summed E-state index contributed by atoms with van der Waals surface area (Å²) in [5.74, 6) is 1.07. The lowest BCUT2D eigenvalue weighted by atomic mass is 9.74. The average molecular weight is 742 g/mol. The maximum atomic E-state index is 17.3. The number of β-amino-alcohol motifs (C(OH)–C–C–N with tert-alkyl or cyclic N) is 1. The van der Waals surface area contributed by atoms with Gasteiger partial charge in [-0.2, -0.15) is 9.97 Å². The number of phenolic OH excluding ortho intramolecular Hbond substituents is 1. The predicted molar refractivity (Wildman–Crippen MR) is 198 cm³/mol. The fourth-order valence-corrected chi connectivity index (χ4v) is 10.0. The second-order valence-electron chi connectivity index (χ2n) is 16.3. The number of phenols is 1. The number of hydrogen-bond donors (Lipinski definition) is 2. The van der Waals surface area contributed by atoms with E-state index in [0.717, 1.165) is 45.1 Å². The summed E-state index contributed by atoms with van der Waals surface area (Å²) in [6, 6.07) is 6.07. The first-order valence-electron chi connectivity index (χ1n) is 19.0. The minimum absolute atomic E-state index is 0.00358. The lowest BCUT2D eigenvalue weighted by Gasteiger charge is -2.48. The minimum atomic E-state index is -1.01. The number of aromatic hydroxyl groups is 1. The van der Waals surface area contributed by atoms with Crippen molar-refractivity contribution in [3.05, 3.63) is 41.5 Å². The molecule has 2 aromatic carbocycles. The monoisotopic (exact) mass is 741 g/mol. The Hall–Kier alpha value is -4.35. The van der Waals surface area contributed by atoms with Crippen LogP contribution < -0.4 is 14.4 Å². The number of aliphatic hydroxyl groups is 1. The molecule has 4 saturated heterocycles. The number of hydrogen-bond acceptors (Lipinski definition) is 11. The van der Waals surface area contributed by atoms with Gasteiger partial charge in [-0.25, -0.2) is 13.8 Å². The quantitative estimate of drug-likeness (QED) is 0.226. The summed E-state index contributed by atoms with van der Waals surface area (Å²) in [5, 5.41) is 22.7. The van der Waals surface area contributed by atoms with Crippen LogP contribution in [0.1, 0.15) is 63.9 Å². The first-order chi connectivity index (χ1) is 26.0. The summed E-state index contributed by atoms with van der Waals surface area (Å²) in [6.07, 6.45) is 13.2. The van der Waals surface area contributed by atoms with E-state index in [9.17, 15) is 10.2 Å². The summed E-state index contributed by atoms with van der Waals surface area (Å²) in [5.41, 5.74) is -1.63. The van der Waals surface area contributed by atoms with Crippen molar-refractivity contribution in [2.24, 2.45) is 5.41 Å². The Labute approximate surface area is 312 Å². The molecule has 4 aliphatic heterocycles. The SMILES string of the molecule is C#Cc1c(F)ccc2cc(O)cc(-c3nc(OC)c4c(N5CCC[C@@](C)(O)C5)nc(OC[C@]56CCC[C@H]5N(C5COC7(COC7)C5)CCC6)nc4c3F)c12. The van der Waals surface area contributed by atoms with Gasteiger partial charge in [0.15, 0.2) is 5.82 Å². The Morgan fingerprint density at radius 1 is 1.06 bits per heavy atom. The molecule has 5 aliphatic rings. The molecule has 1 spiro atoms. The number of piperidine rings is 2. The van der Waals surface area contributed by atoms with E-state index < -0.39 is 17.2 Å². The molecule has 6 heterocycles. The van der Waals surface area contributed by atoms with Crippen LogP contribution in [0.4, 0.5) is 14.6 Å². The van der Waals surface area contributed by atoms with Crippen LogP contribution in [0, 0.1) is 29.4 Å². The van der Waals surface area contributed by atoms with E-state index in [0.29, 0.717) is 69.1 Å². The highest BCUT2D eigenvalue weighted by molar-refractivity contribution is 6.04. The molecule has 284 valence electrons. The molecular weight excluding hydrogens is 696 g/mol. The van der Waals surface area contributed by atoms with Crippen LogP contribution in [-0.4, -0.2) is 107 Å². The number of halogens is 2. The van der Waals surface area contributed by atoms with Gasteiger partial charge in [0.05, 0.1) is 44.7 Å². The Morgan fingerprint density at radius 2 is 1.87 bits per heavy atom. The highest BCUT2D eigenvalue weighted by Gasteiger charge is 2.54. The average Bonchev–Trinajstić information content (AvgIpc) is 3.80. The Balaban J connectivity index is 1.15. The third-order valence-electron chi connectivity index (χ3n) is 12.6. The molecule has 0 amide bonds. The number of aromatic nitrogens is 3. The number of benzene rings is 2. The van der Waals surface area contributed by atoms with Crippen LogP contribution in [0.25, 0.3) is 32.9 Å². The number of anilines is 1. The third-order valence-corrected chi connectivity index (χ3v) is 12.6. The van der Waals surface area contributed by atoms with E-state index in [-0.39, 0.29) is 68.3 Å². The fraction of sp³-hybridized carbons (Fsp3) is 0.537. The second kappa shape index (κ2) is 13.2. The van der Waals surface area contributed by atoms with Crippen molar-refractivity contribution in [2.75, 3.05) is 58.1 Å². The molecule has 1 saturated carbocycles. The van der Waals surface area contributed by atoms with Gasteiger partial charge in [-0.3, -0.25) is 4.90 Å². The topological polar surface area (TPSA) is 123 Å². The molecule has 1 unspecified atom stereocenters. The zero-order chi connectivity index (χ0) is 37.4. The van der Waals surface area contributed by atoms with Gasteiger partial charge in [0.1, 0.15) is 39.6 Å². The maximum absolute atomic E-state index is 17.3. The summed E-state index contributed by atoms with van der Waals surface area (Å²) in [7, 11) is 1.42. The molecule has 13 heteroatoms. The third kappa shape index (κ3) is 5.81. The van der Waals surface area contributed by atoms with Crippen LogP contribution in [0.15, 0.2) is 24.3 Å². The number of pyridine rings is 1. The normalized spacial score (nSPS) is 28.0. The van der Waals surface area contributed by atoms with Gasteiger partial charge >= 0.3 is 6.01 Å². The van der Waals surface area contributed by atoms with Gasteiger partial charge in [-0.15, -0.1) is 6.42 Å². The molecule has 1 aliphatic carbocycles. The van der Waals surface area contributed by atoms with Crippen LogP contribution >= 0.6 is 0 Å². The van der Waals surface area contributed by atoms with Gasteiger partial charge in [0.25, 0.3) is 0 Å². The van der Waals surface area contributed by atoms with Crippen molar-refractivity contribution < 1.29 is 37.9 Å².